The molecule has 11 aromatic rings. The van der Waals surface area contributed by atoms with Gasteiger partial charge in [0.05, 0.1) is 22.7 Å². The standard InChI is InChI=1S/C71H59B3N4O2S3/c1-69(2,3)39-29-51-62-53(30-39)76(42-21-13-11-14-22-42)65-44-25-17-19-27-60(44)82-67(65)73(62)46-35-48-56(37-50(46)75-51)79-58-33-41(71(7,8)9)34-59-64(58)72(48)49-36-47-52(38-57(49)80-59)78(81-10)55-32-40(70(4,5)6)31-54-63(55)74(47)68-66(45-26-18-20-28-61(45)83-68)77(54)43-23-15-12-16-24-43/h11-38,75H,1-10H3. The van der Waals surface area contributed by atoms with Gasteiger partial charge in [-0.15, -0.1) is 22.7 Å². The van der Waals surface area contributed by atoms with E-state index in [4.69, 9.17) is 9.47 Å². The molecule has 0 radical (unpaired) electrons. The quantitative estimate of drug-likeness (QED) is 0.140. The van der Waals surface area contributed by atoms with Crippen molar-refractivity contribution in [2.45, 2.75) is 78.6 Å². The maximum absolute atomic E-state index is 7.46. The van der Waals surface area contributed by atoms with Gasteiger partial charge in [-0.25, -0.2) is 0 Å². The molecule has 0 aliphatic carbocycles. The Morgan fingerprint density at radius 3 is 1.43 bits per heavy atom. The van der Waals surface area contributed by atoms with Crippen LogP contribution in [0.1, 0.15) is 79.0 Å². The van der Waals surface area contributed by atoms with Crippen molar-refractivity contribution in [3.8, 4) is 23.0 Å². The summed E-state index contributed by atoms with van der Waals surface area (Å²) in [5.74, 6) is 3.49. The van der Waals surface area contributed by atoms with Crippen LogP contribution in [0.3, 0.4) is 0 Å². The molecule has 6 aliphatic rings. The summed E-state index contributed by atoms with van der Waals surface area (Å²) < 4.78 is 22.7. The molecule has 0 atom stereocenters. The maximum Gasteiger partial charge on any atom is 0.264 e. The lowest BCUT2D eigenvalue weighted by Crippen LogP contribution is -2.64. The molecule has 9 aromatic carbocycles. The summed E-state index contributed by atoms with van der Waals surface area (Å²) in [5.41, 5.74) is 24.0. The van der Waals surface area contributed by atoms with Crippen LogP contribution in [0.2, 0.25) is 0 Å². The topological polar surface area (TPSA) is 40.2 Å². The third kappa shape index (κ3) is 7.06. The number of para-hydroxylation sites is 2. The number of nitrogens with zero attached hydrogens (tertiary/aromatic N) is 3. The van der Waals surface area contributed by atoms with E-state index in [0.29, 0.717) is 0 Å². The van der Waals surface area contributed by atoms with Gasteiger partial charge in [0.1, 0.15) is 23.0 Å². The highest BCUT2D eigenvalue weighted by molar-refractivity contribution is 8.00. The Morgan fingerprint density at radius 2 is 0.880 bits per heavy atom. The molecular formula is C71H59B3N4O2S3. The molecule has 12 heteroatoms. The van der Waals surface area contributed by atoms with Crippen LogP contribution in [0, 0.1) is 0 Å². The number of nitrogens with one attached hydrogen (secondary N) is 1. The van der Waals surface area contributed by atoms with Crippen molar-refractivity contribution in [1.82, 2.24) is 0 Å². The third-order valence-corrected chi connectivity index (χ3v) is 21.7. The van der Waals surface area contributed by atoms with Gasteiger partial charge < -0.3 is 24.6 Å². The molecule has 0 saturated carbocycles. The first-order chi connectivity index (χ1) is 40.0. The van der Waals surface area contributed by atoms with Gasteiger partial charge in [-0.2, -0.15) is 0 Å². The molecule has 0 spiro atoms. The molecule has 0 fully saturated rings. The SMILES string of the molecule is CSN1c2cc3c(cc2B2c4sc5ccccc5c4N(c4ccccc4)c4cc(C(C)(C)C)cc1c42)B1c2cc4c(cc2Oc2cc(C(C)(C)C)cc(c21)O3)Nc1cc(C(C)(C)C)cc2c1B4c1sc3ccccc3c1N2c1ccccc1. The van der Waals surface area contributed by atoms with E-state index in [1.807, 2.05) is 22.7 Å². The molecular weight excluding hydrogens is 1070 g/mol. The minimum absolute atomic E-state index is 0.0425. The van der Waals surface area contributed by atoms with Crippen LogP contribution >= 0.6 is 34.6 Å². The lowest BCUT2D eigenvalue weighted by atomic mass is 9.31. The van der Waals surface area contributed by atoms with Crippen molar-refractivity contribution in [1.29, 1.82) is 0 Å². The lowest BCUT2D eigenvalue weighted by Gasteiger charge is -2.44. The van der Waals surface area contributed by atoms with Crippen LogP contribution in [-0.2, 0) is 16.2 Å². The van der Waals surface area contributed by atoms with Gasteiger partial charge >= 0.3 is 0 Å². The molecule has 0 amide bonds. The Balaban J connectivity index is 0.928. The van der Waals surface area contributed by atoms with Gasteiger partial charge in [-0.1, -0.05) is 147 Å². The molecule has 6 aliphatic heterocycles. The molecule has 0 unspecified atom stereocenters. The number of rotatable bonds is 3. The van der Waals surface area contributed by atoms with E-state index in [1.165, 1.54) is 102 Å². The number of hydrogen-bond acceptors (Lipinski definition) is 9. The molecule has 8 heterocycles. The summed E-state index contributed by atoms with van der Waals surface area (Å²) in [6.45, 7) is 20.6. The minimum atomic E-state index is -0.189. The molecule has 0 bridgehead atoms. The first-order valence-electron chi connectivity index (χ1n) is 29.1. The first-order valence-corrected chi connectivity index (χ1v) is 31.9. The monoisotopic (exact) mass is 1130 g/mol. The van der Waals surface area contributed by atoms with Gasteiger partial charge in [0.25, 0.3) is 20.1 Å². The van der Waals surface area contributed by atoms with Gasteiger partial charge in [0, 0.05) is 87.7 Å². The Labute approximate surface area is 499 Å². The summed E-state index contributed by atoms with van der Waals surface area (Å²) in [6, 6.07) is 64.4. The Bertz CT molecular complexity index is 4650. The zero-order valence-corrected chi connectivity index (χ0v) is 50.7. The second kappa shape index (κ2) is 17.2. The van der Waals surface area contributed by atoms with Crippen LogP contribution in [0.5, 0.6) is 23.0 Å². The molecule has 402 valence electrons. The van der Waals surface area contributed by atoms with Crippen LogP contribution in [-0.4, -0.2) is 26.4 Å². The van der Waals surface area contributed by atoms with E-state index >= 15 is 0 Å². The maximum atomic E-state index is 7.46. The Kier molecular flexibility index (Phi) is 10.3. The highest BCUT2D eigenvalue weighted by atomic mass is 32.2. The van der Waals surface area contributed by atoms with Crippen molar-refractivity contribution >= 4 is 180 Å². The van der Waals surface area contributed by atoms with E-state index in [1.54, 1.807) is 11.9 Å². The molecule has 0 saturated heterocycles. The fourth-order valence-corrected chi connectivity index (χ4v) is 17.7. The summed E-state index contributed by atoms with van der Waals surface area (Å²) in [7, 11) is 0. The molecule has 83 heavy (non-hydrogen) atoms. The van der Waals surface area contributed by atoms with E-state index in [2.05, 4.69) is 258 Å². The normalized spacial score (nSPS) is 14.8. The van der Waals surface area contributed by atoms with E-state index in [-0.39, 0.29) is 36.4 Å². The van der Waals surface area contributed by atoms with Crippen molar-refractivity contribution in [3.63, 3.8) is 0 Å². The number of benzene rings is 9. The molecule has 6 nitrogen and oxygen atoms in total. The van der Waals surface area contributed by atoms with E-state index in [0.717, 1.165) is 62.1 Å². The highest BCUT2D eigenvalue weighted by Crippen LogP contribution is 2.51. The van der Waals surface area contributed by atoms with Crippen LogP contribution in [0.25, 0.3) is 20.2 Å². The molecule has 1 N–H and O–H groups in total. The van der Waals surface area contributed by atoms with Gasteiger partial charge in [0.15, 0.2) is 0 Å². The molecule has 17 rings (SSSR count). The van der Waals surface area contributed by atoms with E-state index in [9.17, 15) is 0 Å². The van der Waals surface area contributed by atoms with Gasteiger partial charge in [0.2, 0.25) is 0 Å². The highest BCUT2D eigenvalue weighted by Gasteiger charge is 2.51. The third-order valence-electron chi connectivity index (χ3n) is 18.5. The fraction of sp³-hybridized carbons (Fsp3) is 0.183. The number of fused-ring (bicyclic) bond motifs is 16. The molecule has 2 aromatic heterocycles. The summed E-state index contributed by atoms with van der Waals surface area (Å²) in [5, 5.41) is 6.67. The Hall–Kier alpha value is -7.76. The van der Waals surface area contributed by atoms with Crippen molar-refractivity contribution in [2.75, 3.05) is 25.7 Å². The van der Waals surface area contributed by atoms with Crippen molar-refractivity contribution in [2.24, 2.45) is 0 Å². The number of thiophene rings is 2. The smallest absolute Gasteiger partial charge is 0.264 e. The minimum Gasteiger partial charge on any atom is -0.458 e. The first kappa shape index (κ1) is 49.8. The second-order valence-corrected chi connectivity index (χ2v) is 29.4. The average molecular weight is 1130 g/mol. The summed E-state index contributed by atoms with van der Waals surface area (Å²) in [4.78, 5) is 5.13. The van der Waals surface area contributed by atoms with Crippen LogP contribution < -0.4 is 76.7 Å². The summed E-state index contributed by atoms with van der Waals surface area (Å²) >= 11 is 5.66. The van der Waals surface area contributed by atoms with Crippen LogP contribution in [0.4, 0.5) is 56.9 Å². The van der Waals surface area contributed by atoms with Gasteiger partial charge in [-0.3, -0.25) is 4.31 Å². The lowest BCUT2D eigenvalue weighted by molar-refractivity contribution is 0.459. The average Bonchev–Trinajstić information content (AvgIpc) is 2.16. The zero-order valence-electron chi connectivity index (χ0n) is 48.3. The van der Waals surface area contributed by atoms with E-state index < -0.39 is 0 Å². The zero-order chi connectivity index (χ0) is 56.3. The summed E-state index contributed by atoms with van der Waals surface area (Å²) in [6.07, 6.45) is 2.23. The van der Waals surface area contributed by atoms with Crippen molar-refractivity contribution < 1.29 is 9.47 Å². The largest absolute Gasteiger partial charge is 0.458 e. The predicted octanol–water partition coefficient (Wildman–Crippen LogP) is 14.1. The van der Waals surface area contributed by atoms with Crippen molar-refractivity contribution in [3.05, 3.63) is 187 Å². The second-order valence-electron chi connectivity index (χ2n) is 26.5. The fourth-order valence-electron chi connectivity index (χ4n) is 14.4. The number of anilines is 10. The van der Waals surface area contributed by atoms with Crippen LogP contribution in [0.15, 0.2) is 170 Å². The number of hydrogen-bond donors (Lipinski definition) is 1. The predicted molar refractivity (Wildman–Crippen MR) is 361 cm³/mol. The Morgan fingerprint density at radius 1 is 0.410 bits per heavy atom. The van der Waals surface area contributed by atoms with Gasteiger partial charge in [-0.05, 0) is 150 Å². The number of ether oxygens (including phenoxy) is 2.